The predicted molar refractivity (Wildman–Crippen MR) is 65.2 cm³/mol. The molecule has 2 aromatic rings. The van der Waals surface area contributed by atoms with E-state index in [-0.39, 0.29) is 22.8 Å². The smallest absolute Gasteiger partial charge is 0.211 e. The fraction of sp³-hybridized carbons (Fsp3) is 0. The van der Waals surface area contributed by atoms with Crippen LogP contribution in [0.2, 0.25) is 0 Å². The van der Waals surface area contributed by atoms with Gasteiger partial charge in [0.25, 0.3) is 0 Å². The second kappa shape index (κ2) is 6.25. The Morgan fingerprint density at radius 3 is 1.79 bits per heavy atom. The summed E-state index contributed by atoms with van der Waals surface area (Å²) in [5, 5.41) is 35.0. The average Bonchev–Trinajstić information content (AvgIpc) is 3.12. The molecule has 0 aliphatic rings. The molecule has 0 amide bonds. The summed E-state index contributed by atoms with van der Waals surface area (Å²) < 4.78 is 7.18. The van der Waals surface area contributed by atoms with Crippen LogP contribution in [0.5, 0.6) is 0 Å². The van der Waals surface area contributed by atoms with Crippen molar-refractivity contribution >= 4 is 34.5 Å². The second-order valence-electron chi connectivity index (χ2n) is 2.77. The molecular weight excluding hydrogens is 288 g/mol. The van der Waals surface area contributed by atoms with Crippen molar-refractivity contribution < 1.29 is 4.94 Å². The minimum Gasteiger partial charge on any atom is -0.242 e. The Hall–Kier alpha value is -2.76. The molecule has 0 aliphatic carbocycles. The number of nitrogens with zero attached hydrogens (tertiary/aromatic N) is 8. The first-order chi connectivity index (χ1) is 9.35. The van der Waals surface area contributed by atoms with E-state index in [1.54, 1.807) is 12.1 Å². The third-order valence-electron chi connectivity index (χ3n) is 1.68. The van der Waals surface area contributed by atoms with Gasteiger partial charge in [0.1, 0.15) is 23.5 Å². The van der Waals surface area contributed by atoms with Crippen molar-refractivity contribution in [1.82, 2.24) is 19.2 Å². The van der Waals surface area contributed by atoms with Crippen molar-refractivity contribution in [1.29, 1.82) is 10.5 Å². The minimum absolute atomic E-state index is 0.0915. The first-order valence-corrected chi connectivity index (χ1v) is 6.19. The van der Waals surface area contributed by atoms with E-state index < -0.39 is 0 Å². The van der Waals surface area contributed by atoms with E-state index in [4.69, 9.17) is 10.5 Å². The van der Waals surface area contributed by atoms with Gasteiger partial charge in [-0.3, -0.25) is 0 Å². The molecule has 0 N–H and O–H groups in total. The van der Waals surface area contributed by atoms with Crippen LogP contribution >= 0.6 is 23.1 Å². The fourth-order valence-corrected chi connectivity index (χ4v) is 1.77. The summed E-state index contributed by atoms with van der Waals surface area (Å²) in [5.41, 5.74) is 0.366. The van der Waals surface area contributed by atoms with Gasteiger partial charge in [-0.15, -0.1) is 10.2 Å². The molecule has 0 fully saturated rings. The van der Waals surface area contributed by atoms with E-state index in [0.717, 1.165) is 23.1 Å². The van der Waals surface area contributed by atoms with Gasteiger partial charge in [0.15, 0.2) is 0 Å². The van der Waals surface area contributed by atoms with E-state index in [2.05, 4.69) is 34.4 Å². The van der Waals surface area contributed by atoms with Crippen LogP contribution in [-0.4, -0.2) is 30.6 Å². The van der Waals surface area contributed by atoms with Crippen molar-refractivity contribution in [3.8, 4) is 12.1 Å². The van der Waals surface area contributed by atoms with Gasteiger partial charge in [0, 0.05) is 10.8 Å². The van der Waals surface area contributed by atoms with Crippen molar-refractivity contribution in [2.75, 3.05) is 0 Å². The Bertz CT molecular complexity index is 615. The summed E-state index contributed by atoms with van der Waals surface area (Å²) in [6.45, 7) is 0. The number of hydrogen-bond acceptors (Lipinski definition) is 11. The molecule has 0 saturated heterocycles. The maximum absolute atomic E-state index is 8.85. The zero-order chi connectivity index (χ0) is 13.5. The largest absolute Gasteiger partial charge is 0.242 e. The fourth-order valence-electron chi connectivity index (χ4n) is 0.887. The molecular formula is C8H2N8OS2. The summed E-state index contributed by atoms with van der Waals surface area (Å²) in [6, 6.07) is 3.56. The lowest BCUT2D eigenvalue weighted by Crippen LogP contribution is -2.01. The monoisotopic (exact) mass is 290 g/mol. The van der Waals surface area contributed by atoms with Crippen LogP contribution in [0.4, 0.5) is 0 Å². The van der Waals surface area contributed by atoms with Crippen LogP contribution in [-0.2, 0) is 4.94 Å². The topological polar surface area (TPSA) is 133 Å². The Morgan fingerprint density at radius 1 is 1.00 bits per heavy atom. The molecule has 2 heterocycles. The zero-order valence-corrected chi connectivity index (χ0v) is 10.6. The van der Waals surface area contributed by atoms with Crippen LogP contribution in [0.1, 0.15) is 11.4 Å². The number of aromatic nitrogens is 4. The Kier molecular flexibility index (Phi) is 4.17. The highest BCUT2D eigenvalue weighted by Gasteiger charge is 2.08. The van der Waals surface area contributed by atoms with Gasteiger partial charge in [-0.05, 0) is 33.4 Å². The summed E-state index contributed by atoms with van der Waals surface area (Å²) >= 11 is 2.14. The summed E-state index contributed by atoms with van der Waals surface area (Å²) in [7, 11) is 0. The van der Waals surface area contributed by atoms with Gasteiger partial charge >= 0.3 is 0 Å². The lowest BCUT2D eigenvalue weighted by Gasteiger charge is -1.91. The summed E-state index contributed by atoms with van der Waals surface area (Å²) in [5.74, 6) is 0. The number of rotatable bonds is 4. The third-order valence-corrected chi connectivity index (χ3v) is 2.69. The van der Waals surface area contributed by atoms with E-state index >= 15 is 0 Å². The van der Waals surface area contributed by atoms with Gasteiger partial charge < -0.3 is 0 Å². The highest BCUT2D eigenvalue weighted by atomic mass is 32.1. The standard InChI is InChI=1S/C8H2N8OS2/c9-1-5(7-3-18-15-11-7)13-17-14-6(2-10)8-4-19-16-12-8/h3-4H. The van der Waals surface area contributed by atoms with Crippen molar-refractivity contribution in [2.24, 2.45) is 10.3 Å². The average molecular weight is 290 g/mol. The summed E-state index contributed by atoms with van der Waals surface area (Å²) in [4.78, 5) is 4.59. The molecule has 0 bridgehead atoms. The molecule has 2 aromatic heterocycles. The molecule has 92 valence electrons. The molecule has 0 atom stereocenters. The van der Waals surface area contributed by atoms with E-state index in [1.165, 1.54) is 10.8 Å². The van der Waals surface area contributed by atoms with Gasteiger partial charge in [0.05, 0.1) is 0 Å². The summed E-state index contributed by atoms with van der Waals surface area (Å²) in [6.07, 6.45) is 0. The molecule has 0 radical (unpaired) electrons. The molecule has 0 spiro atoms. The number of nitriles is 2. The number of hydrogen-bond donors (Lipinski definition) is 0. The molecule has 19 heavy (non-hydrogen) atoms. The maximum atomic E-state index is 8.85. The van der Waals surface area contributed by atoms with Crippen molar-refractivity contribution in [2.45, 2.75) is 0 Å². The van der Waals surface area contributed by atoms with Crippen molar-refractivity contribution in [3.05, 3.63) is 22.1 Å². The van der Waals surface area contributed by atoms with E-state index in [9.17, 15) is 0 Å². The molecule has 0 unspecified atom stereocenters. The van der Waals surface area contributed by atoms with Crippen LogP contribution in [0.3, 0.4) is 0 Å². The van der Waals surface area contributed by atoms with Gasteiger partial charge in [-0.25, -0.2) is 4.94 Å². The first kappa shape index (κ1) is 12.7. The normalized spacial score (nSPS) is 11.7. The molecule has 0 aromatic carbocycles. The van der Waals surface area contributed by atoms with Crippen LogP contribution in [0.15, 0.2) is 21.1 Å². The van der Waals surface area contributed by atoms with E-state index in [0.29, 0.717) is 0 Å². The van der Waals surface area contributed by atoms with Crippen molar-refractivity contribution in [3.63, 3.8) is 0 Å². The Labute approximate surface area is 114 Å². The van der Waals surface area contributed by atoms with Crippen LogP contribution in [0.25, 0.3) is 0 Å². The van der Waals surface area contributed by atoms with E-state index in [1.807, 2.05) is 0 Å². The quantitative estimate of drug-likeness (QED) is 0.593. The molecule has 0 aliphatic heterocycles. The number of oxime groups is 2. The Balaban J connectivity index is 2.14. The molecule has 2 rings (SSSR count). The van der Waals surface area contributed by atoms with Gasteiger partial charge in [0.2, 0.25) is 11.4 Å². The Morgan fingerprint density at radius 2 is 1.47 bits per heavy atom. The predicted octanol–water partition coefficient (Wildman–Crippen LogP) is 0.562. The lowest BCUT2D eigenvalue weighted by molar-refractivity contribution is 0.156. The first-order valence-electron chi connectivity index (χ1n) is 4.52. The van der Waals surface area contributed by atoms with Crippen LogP contribution in [0, 0.1) is 22.7 Å². The molecule has 11 heteroatoms. The minimum atomic E-state index is -0.0915. The SMILES string of the molecule is N#CC(=NON=C(C#N)c1csnn1)c1csnn1. The second-order valence-corrected chi connectivity index (χ2v) is 3.98. The van der Waals surface area contributed by atoms with Crippen LogP contribution < -0.4 is 0 Å². The molecule has 9 nitrogen and oxygen atoms in total. The third kappa shape index (κ3) is 3.12. The highest BCUT2D eigenvalue weighted by Crippen LogP contribution is 2.02. The zero-order valence-electron chi connectivity index (χ0n) is 8.96. The lowest BCUT2D eigenvalue weighted by atomic mass is 10.3. The maximum Gasteiger partial charge on any atom is 0.211 e. The van der Waals surface area contributed by atoms with Gasteiger partial charge in [-0.1, -0.05) is 8.98 Å². The molecule has 0 saturated carbocycles. The highest BCUT2D eigenvalue weighted by molar-refractivity contribution is 7.03. The van der Waals surface area contributed by atoms with Gasteiger partial charge in [-0.2, -0.15) is 10.5 Å².